The Balaban J connectivity index is 1.72. The number of halogens is 1. The van der Waals surface area contributed by atoms with Crippen molar-refractivity contribution in [3.8, 4) is 0 Å². The molecule has 0 fully saturated rings. The van der Waals surface area contributed by atoms with Crippen molar-refractivity contribution in [1.29, 1.82) is 0 Å². The largest absolute Gasteiger partial charge is 0.332 e. The Hall–Kier alpha value is -1.99. The molecule has 5 heteroatoms. The van der Waals surface area contributed by atoms with E-state index in [9.17, 15) is 4.79 Å². The average molecular weight is 460 g/mol. The van der Waals surface area contributed by atoms with Gasteiger partial charge in [-0.05, 0) is 94.8 Å². The molecule has 0 bridgehead atoms. The van der Waals surface area contributed by atoms with Gasteiger partial charge in [0.25, 0.3) is 5.91 Å². The molecule has 0 aliphatic rings. The summed E-state index contributed by atoms with van der Waals surface area (Å²) in [4.78, 5) is 12.4. The van der Waals surface area contributed by atoms with Crippen LogP contribution in [0.1, 0.15) is 21.5 Å². The molecule has 0 aromatic heterocycles. The van der Waals surface area contributed by atoms with Crippen LogP contribution < -0.4 is 10.6 Å². The number of amides is 1. The minimum Gasteiger partial charge on any atom is -0.332 e. The molecular formula is C20H17IN2OS. The highest BCUT2D eigenvalue weighted by molar-refractivity contribution is 14.1. The van der Waals surface area contributed by atoms with Crippen molar-refractivity contribution in [2.24, 2.45) is 0 Å². The van der Waals surface area contributed by atoms with Crippen molar-refractivity contribution in [2.75, 3.05) is 5.32 Å². The van der Waals surface area contributed by atoms with Crippen LogP contribution in [-0.2, 0) is 0 Å². The molecule has 1 amide bonds. The Labute approximate surface area is 166 Å². The highest BCUT2D eigenvalue weighted by Gasteiger charge is 2.10. The maximum atomic E-state index is 12.4. The molecule has 3 rings (SSSR count). The van der Waals surface area contributed by atoms with E-state index in [2.05, 4.69) is 47.1 Å². The first-order valence-electron chi connectivity index (χ1n) is 7.82. The smallest absolute Gasteiger partial charge is 0.257 e. The molecule has 3 nitrogen and oxygen atoms in total. The number of thiocarbonyl (C=S) groups is 1. The van der Waals surface area contributed by atoms with E-state index in [1.165, 1.54) is 14.7 Å². The summed E-state index contributed by atoms with van der Waals surface area (Å²) in [5, 5.41) is 8.24. The lowest BCUT2D eigenvalue weighted by Gasteiger charge is -2.12. The van der Waals surface area contributed by atoms with Crippen molar-refractivity contribution >= 4 is 62.3 Å². The molecule has 0 aliphatic carbocycles. The lowest BCUT2D eigenvalue weighted by Crippen LogP contribution is -2.34. The van der Waals surface area contributed by atoms with Crippen LogP contribution in [-0.4, -0.2) is 11.0 Å². The summed E-state index contributed by atoms with van der Waals surface area (Å²) in [6, 6.07) is 17.6. The van der Waals surface area contributed by atoms with Gasteiger partial charge in [0, 0.05) is 14.8 Å². The van der Waals surface area contributed by atoms with E-state index in [4.69, 9.17) is 12.2 Å². The third-order valence-electron chi connectivity index (χ3n) is 3.93. The number of hydrogen-bond acceptors (Lipinski definition) is 2. The fourth-order valence-electron chi connectivity index (χ4n) is 2.69. The summed E-state index contributed by atoms with van der Waals surface area (Å²) in [6.07, 6.45) is 0. The van der Waals surface area contributed by atoms with Gasteiger partial charge in [-0.1, -0.05) is 30.3 Å². The van der Waals surface area contributed by atoms with Crippen molar-refractivity contribution in [2.45, 2.75) is 13.8 Å². The maximum Gasteiger partial charge on any atom is 0.257 e. The van der Waals surface area contributed by atoms with Crippen molar-refractivity contribution in [3.63, 3.8) is 0 Å². The zero-order valence-corrected chi connectivity index (χ0v) is 16.9. The number of carbonyl (C=O) groups is 1. The van der Waals surface area contributed by atoms with Gasteiger partial charge in [-0.3, -0.25) is 10.1 Å². The molecule has 0 saturated heterocycles. The zero-order chi connectivity index (χ0) is 18.0. The van der Waals surface area contributed by atoms with Gasteiger partial charge in [-0.2, -0.15) is 0 Å². The minimum atomic E-state index is -0.220. The first kappa shape index (κ1) is 17.8. The first-order chi connectivity index (χ1) is 11.9. The summed E-state index contributed by atoms with van der Waals surface area (Å²) < 4.78 is 1.23. The molecule has 0 aliphatic heterocycles. The topological polar surface area (TPSA) is 41.1 Å². The number of hydrogen-bond donors (Lipinski definition) is 2. The molecule has 0 unspecified atom stereocenters. The summed E-state index contributed by atoms with van der Waals surface area (Å²) in [7, 11) is 0. The monoisotopic (exact) mass is 460 g/mol. The lowest BCUT2D eigenvalue weighted by atomic mass is 10.1. The number of fused-ring (bicyclic) bond motifs is 1. The molecule has 2 N–H and O–H groups in total. The van der Waals surface area contributed by atoms with Gasteiger partial charge in [0.1, 0.15) is 0 Å². The number of rotatable bonds is 2. The Morgan fingerprint density at radius 2 is 1.60 bits per heavy atom. The maximum absolute atomic E-state index is 12.4. The van der Waals surface area contributed by atoms with Crippen LogP contribution in [0.15, 0.2) is 54.6 Å². The van der Waals surface area contributed by atoms with Gasteiger partial charge in [-0.25, -0.2) is 0 Å². The third-order valence-corrected chi connectivity index (χ3v) is 5.84. The fraction of sp³-hybridized carbons (Fsp3) is 0.100. The van der Waals surface area contributed by atoms with Crippen molar-refractivity contribution in [1.82, 2.24) is 5.32 Å². The normalized spacial score (nSPS) is 10.5. The molecule has 0 radical (unpaired) electrons. The van der Waals surface area contributed by atoms with Gasteiger partial charge in [0.15, 0.2) is 5.11 Å². The van der Waals surface area contributed by atoms with Crippen LogP contribution >= 0.6 is 34.8 Å². The Bertz CT molecular complexity index is 961. The summed E-state index contributed by atoms with van der Waals surface area (Å²) in [5.41, 5.74) is 3.80. The van der Waals surface area contributed by atoms with E-state index in [0.717, 1.165) is 16.5 Å². The van der Waals surface area contributed by atoms with Gasteiger partial charge in [-0.15, -0.1) is 0 Å². The van der Waals surface area contributed by atoms with Crippen molar-refractivity contribution < 1.29 is 4.79 Å². The van der Waals surface area contributed by atoms with E-state index in [0.29, 0.717) is 5.56 Å². The van der Waals surface area contributed by atoms with E-state index in [1.54, 1.807) is 6.07 Å². The average Bonchev–Trinajstić information content (AvgIpc) is 2.59. The van der Waals surface area contributed by atoms with Gasteiger partial charge >= 0.3 is 0 Å². The second kappa shape index (κ2) is 7.49. The van der Waals surface area contributed by atoms with Crippen LogP contribution in [0.2, 0.25) is 0 Å². The second-order valence-corrected chi connectivity index (χ2v) is 7.38. The fourth-order valence-corrected chi connectivity index (χ4v) is 3.21. The predicted octanol–water partition coefficient (Wildman–Crippen LogP) is 5.19. The van der Waals surface area contributed by atoms with Gasteiger partial charge in [0.05, 0.1) is 0 Å². The quantitative estimate of drug-likeness (QED) is 0.409. The highest BCUT2D eigenvalue weighted by atomic mass is 127. The summed E-state index contributed by atoms with van der Waals surface area (Å²) >= 11 is 7.61. The van der Waals surface area contributed by atoms with Crippen LogP contribution in [0.3, 0.4) is 0 Å². The van der Waals surface area contributed by atoms with Crippen molar-refractivity contribution in [3.05, 3.63) is 74.9 Å². The molecule has 126 valence electrons. The SMILES string of the molecule is Cc1cc(NC(=S)NC(=O)c2ccc3ccccc3c2)cc(C)c1I. The van der Waals surface area contributed by atoms with Crippen LogP contribution in [0.4, 0.5) is 5.69 Å². The lowest BCUT2D eigenvalue weighted by molar-refractivity contribution is 0.0978. The minimum absolute atomic E-state index is 0.220. The van der Waals surface area contributed by atoms with Crippen LogP contribution in [0.5, 0.6) is 0 Å². The predicted molar refractivity (Wildman–Crippen MR) is 116 cm³/mol. The molecule has 25 heavy (non-hydrogen) atoms. The van der Waals surface area contributed by atoms with Crippen LogP contribution in [0.25, 0.3) is 10.8 Å². The zero-order valence-electron chi connectivity index (χ0n) is 13.9. The van der Waals surface area contributed by atoms with E-state index in [1.807, 2.05) is 48.5 Å². The highest BCUT2D eigenvalue weighted by Crippen LogP contribution is 2.21. The standard InChI is InChI=1S/C20H17IN2OS/c1-12-9-17(10-13(2)18(12)21)22-20(25)23-19(24)16-8-7-14-5-3-4-6-15(14)11-16/h3-11H,1-2H3,(H2,22,23,24,25). The molecule has 3 aromatic carbocycles. The summed E-state index contributed by atoms with van der Waals surface area (Å²) in [6.45, 7) is 4.10. The third kappa shape index (κ3) is 4.16. The molecule has 0 heterocycles. The number of nitrogens with one attached hydrogen (secondary N) is 2. The van der Waals surface area contributed by atoms with E-state index >= 15 is 0 Å². The molecule has 0 saturated carbocycles. The molecule has 3 aromatic rings. The second-order valence-electron chi connectivity index (χ2n) is 5.89. The Kier molecular flexibility index (Phi) is 5.34. The van der Waals surface area contributed by atoms with E-state index < -0.39 is 0 Å². The number of anilines is 1. The molecular weight excluding hydrogens is 443 g/mol. The number of benzene rings is 3. The number of aryl methyl sites for hydroxylation is 2. The first-order valence-corrected chi connectivity index (χ1v) is 9.30. The molecule has 0 spiro atoms. The Morgan fingerprint density at radius 3 is 2.28 bits per heavy atom. The van der Waals surface area contributed by atoms with Gasteiger partial charge in [0.2, 0.25) is 0 Å². The summed E-state index contributed by atoms with van der Waals surface area (Å²) in [5.74, 6) is -0.220. The molecule has 0 atom stereocenters. The number of carbonyl (C=O) groups excluding carboxylic acids is 1. The Morgan fingerprint density at radius 1 is 0.960 bits per heavy atom. The van der Waals surface area contributed by atoms with Crippen LogP contribution in [0, 0.1) is 17.4 Å². The van der Waals surface area contributed by atoms with E-state index in [-0.39, 0.29) is 11.0 Å². The van der Waals surface area contributed by atoms with Gasteiger partial charge < -0.3 is 5.32 Å².